The number of carbonyl (C=O) groups excluding carboxylic acids is 1. The fourth-order valence-electron chi connectivity index (χ4n) is 2.33. The predicted molar refractivity (Wildman–Crippen MR) is 110 cm³/mol. The molecule has 0 aliphatic heterocycles. The van der Waals surface area contributed by atoms with Crippen molar-refractivity contribution in [3.05, 3.63) is 39.1 Å². The van der Waals surface area contributed by atoms with Crippen molar-refractivity contribution >= 4 is 44.3 Å². The number of sulfonamides is 1. The lowest BCUT2D eigenvalue weighted by Gasteiger charge is -2.22. The number of halogens is 1. The van der Waals surface area contributed by atoms with Gasteiger partial charge in [0.25, 0.3) is 5.91 Å². The number of rotatable bonds is 4. The van der Waals surface area contributed by atoms with Gasteiger partial charge in [0.2, 0.25) is 10.0 Å². The van der Waals surface area contributed by atoms with Gasteiger partial charge in [0.1, 0.15) is 5.82 Å². The summed E-state index contributed by atoms with van der Waals surface area (Å²) >= 11 is 2.02. The molecular formula is C17H23IN4O3S. The zero-order valence-corrected chi connectivity index (χ0v) is 18.6. The van der Waals surface area contributed by atoms with Crippen LogP contribution in [0.3, 0.4) is 0 Å². The monoisotopic (exact) mass is 490 g/mol. The van der Waals surface area contributed by atoms with Crippen molar-refractivity contribution in [3.8, 4) is 0 Å². The molecule has 0 unspecified atom stereocenters. The van der Waals surface area contributed by atoms with Crippen molar-refractivity contribution < 1.29 is 13.2 Å². The number of benzene rings is 1. The Balaban J connectivity index is 2.43. The Kier molecular flexibility index (Phi) is 5.83. The fourth-order valence-corrected chi connectivity index (χ4v) is 3.84. The number of aromatic nitrogens is 2. The largest absolute Gasteiger partial charge is 0.307 e. The van der Waals surface area contributed by atoms with Crippen LogP contribution in [0.4, 0.5) is 5.82 Å². The normalized spacial score (nSPS) is 12.5. The lowest BCUT2D eigenvalue weighted by atomic mass is 10.1. The van der Waals surface area contributed by atoms with Crippen LogP contribution in [0.1, 0.15) is 36.8 Å². The molecule has 1 amide bonds. The summed E-state index contributed by atoms with van der Waals surface area (Å²) in [5.41, 5.74) is 0.779. The number of aryl methyl sites for hydroxylation is 1. The van der Waals surface area contributed by atoms with E-state index in [4.69, 9.17) is 0 Å². The van der Waals surface area contributed by atoms with Gasteiger partial charge in [-0.1, -0.05) is 0 Å². The first-order chi connectivity index (χ1) is 11.8. The van der Waals surface area contributed by atoms with E-state index in [-0.39, 0.29) is 16.3 Å². The van der Waals surface area contributed by atoms with Gasteiger partial charge in [-0.05, 0) is 68.5 Å². The first-order valence-electron chi connectivity index (χ1n) is 7.94. The summed E-state index contributed by atoms with van der Waals surface area (Å²) in [6.07, 6.45) is 0. The summed E-state index contributed by atoms with van der Waals surface area (Å²) in [7, 11) is -0.705. The second kappa shape index (κ2) is 7.28. The smallest absolute Gasteiger partial charge is 0.257 e. The highest BCUT2D eigenvalue weighted by molar-refractivity contribution is 14.1. The van der Waals surface area contributed by atoms with Crippen LogP contribution in [0, 0.1) is 10.5 Å². The Hall–Kier alpha value is -1.46. The van der Waals surface area contributed by atoms with Crippen molar-refractivity contribution in [3.63, 3.8) is 0 Å². The van der Waals surface area contributed by atoms with Gasteiger partial charge < -0.3 is 5.32 Å². The molecule has 0 fully saturated rings. The van der Waals surface area contributed by atoms with Crippen LogP contribution >= 0.6 is 22.6 Å². The Labute approximate surface area is 168 Å². The van der Waals surface area contributed by atoms with Crippen molar-refractivity contribution in [2.75, 3.05) is 19.4 Å². The van der Waals surface area contributed by atoms with Gasteiger partial charge in [-0.2, -0.15) is 5.10 Å². The van der Waals surface area contributed by atoms with Gasteiger partial charge in [-0.25, -0.2) is 17.4 Å². The predicted octanol–water partition coefficient (Wildman–Crippen LogP) is 3.05. The minimum atomic E-state index is -3.62. The number of hydrogen-bond donors (Lipinski definition) is 1. The number of carbonyl (C=O) groups is 1. The highest BCUT2D eigenvalue weighted by Gasteiger charge is 2.23. The summed E-state index contributed by atoms with van der Waals surface area (Å²) < 4.78 is 28.2. The van der Waals surface area contributed by atoms with Gasteiger partial charge in [0.15, 0.2) is 0 Å². The molecule has 142 valence electrons. The molecule has 0 aliphatic carbocycles. The molecule has 0 saturated heterocycles. The summed E-state index contributed by atoms with van der Waals surface area (Å²) in [6.45, 7) is 7.82. The van der Waals surface area contributed by atoms with Crippen LogP contribution in [-0.2, 0) is 15.6 Å². The molecule has 0 saturated carbocycles. The Morgan fingerprint density at radius 3 is 2.38 bits per heavy atom. The van der Waals surface area contributed by atoms with Crippen LogP contribution in [0.2, 0.25) is 0 Å². The second-order valence-corrected chi connectivity index (χ2v) is 10.5. The molecule has 26 heavy (non-hydrogen) atoms. The molecule has 2 rings (SSSR count). The molecular weight excluding hydrogens is 467 g/mol. The molecule has 1 aromatic carbocycles. The van der Waals surface area contributed by atoms with E-state index in [0.717, 1.165) is 10.00 Å². The van der Waals surface area contributed by atoms with Gasteiger partial charge in [-0.15, -0.1) is 0 Å². The average molecular weight is 490 g/mol. The maximum Gasteiger partial charge on any atom is 0.257 e. The zero-order chi connectivity index (χ0) is 19.9. The van der Waals surface area contributed by atoms with Gasteiger partial charge in [0, 0.05) is 23.7 Å². The Morgan fingerprint density at radius 2 is 1.85 bits per heavy atom. The average Bonchev–Trinajstić information content (AvgIpc) is 2.87. The van der Waals surface area contributed by atoms with E-state index in [1.54, 1.807) is 16.8 Å². The standard InChI is InChI=1S/C17H23IN4O3S/c1-11-9-15(22(20-11)17(2,3)4)19-16(23)13-10-12(7-8-14(13)18)26(24,25)21(5)6/h7-10H,1-6H3,(H,19,23). The summed E-state index contributed by atoms with van der Waals surface area (Å²) in [4.78, 5) is 12.9. The zero-order valence-electron chi connectivity index (χ0n) is 15.7. The maximum atomic E-state index is 12.8. The molecule has 0 radical (unpaired) electrons. The third kappa shape index (κ3) is 4.26. The topological polar surface area (TPSA) is 84.3 Å². The van der Waals surface area contributed by atoms with Crippen LogP contribution < -0.4 is 5.32 Å². The minimum absolute atomic E-state index is 0.0774. The van der Waals surface area contributed by atoms with E-state index in [1.165, 1.54) is 26.2 Å². The van der Waals surface area contributed by atoms with Crippen LogP contribution in [0.15, 0.2) is 29.2 Å². The molecule has 2 aromatic rings. The second-order valence-electron chi connectivity index (χ2n) is 7.14. The van der Waals surface area contributed by atoms with Crippen LogP contribution in [-0.4, -0.2) is 42.5 Å². The van der Waals surface area contributed by atoms with E-state index in [0.29, 0.717) is 15.0 Å². The third-order valence-electron chi connectivity index (χ3n) is 3.67. The maximum absolute atomic E-state index is 12.8. The van der Waals surface area contributed by atoms with Crippen molar-refractivity contribution in [1.82, 2.24) is 14.1 Å². The van der Waals surface area contributed by atoms with Gasteiger partial charge >= 0.3 is 0 Å². The molecule has 0 spiro atoms. The lowest BCUT2D eigenvalue weighted by molar-refractivity contribution is 0.102. The van der Waals surface area contributed by atoms with E-state index in [9.17, 15) is 13.2 Å². The highest BCUT2D eigenvalue weighted by Crippen LogP contribution is 2.24. The van der Waals surface area contributed by atoms with Gasteiger partial charge in [0.05, 0.1) is 21.7 Å². The first-order valence-corrected chi connectivity index (χ1v) is 10.5. The van der Waals surface area contributed by atoms with E-state index < -0.39 is 10.0 Å². The number of nitrogens with zero attached hydrogens (tertiary/aromatic N) is 3. The first kappa shape index (κ1) is 20.8. The molecule has 7 nitrogen and oxygen atoms in total. The number of hydrogen-bond acceptors (Lipinski definition) is 4. The van der Waals surface area contributed by atoms with Crippen molar-refractivity contribution in [1.29, 1.82) is 0 Å². The van der Waals surface area contributed by atoms with E-state index in [1.807, 2.05) is 50.3 Å². The fraction of sp³-hybridized carbons (Fsp3) is 0.412. The molecule has 0 atom stereocenters. The third-order valence-corrected chi connectivity index (χ3v) is 6.42. The Morgan fingerprint density at radius 1 is 1.23 bits per heavy atom. The van der Waals surface area contributed by atoms with Crippen molar-refractivity contribution in [2.45, 2.75) is 38.1 Å². The number of anilines is 1. The van der Waals surface area contributed by atoms with Crippen molar-refractivity contribution in [2.24, 2.45) is 0 Å². The molecule has 1 aromatic heterocycles. The quantitative estimate of drug-likeness (QED) is 0.668. The van der Waals surface area contributed by atoms with Crippen LogP contribution in [0.25, 0.3) is 0 Å². The lowest BCUT2D eigenvalue weighted by Crippen LogP contribution is -2.27. The summed E-state index contributed by atoms with van der Waals surface area (Å²) in [5.74, 6) is 0.187. The van der Waals surface area contributed by atoms with Crippen LogP contribution in [0.5, 0.6) is 0 Å². The minimum Gasteiger partial charge on any atom is -0.307 e. The molecule has 1 heterocycles. The highest BCUT2D eigenvalue weighted by atomic mass is 127. The summed E-state index contributed by atoms with van der Waals surface area (Å²) in [5, 5.41) is 7.28. The molecule has 0 aliphatic rings. The number of amides is 1. The SMILES string of the molecule is Cc1cc(NC(=O)c2cc(S(=O)(=O)N(C)C)ccc2I)n(C(C)(C)C)n1. The molecule has 1 N–H and O–H groups in total. The molecule has 9 heteroatoms. The van der Waals surface area contributed by atoms with E-state index in [2.05, 4.69) is 10.4 Å². The van der Waals surface area contributed by atoms with Gasteiger partial charge in [-0.3, -0.25) is 4.79 Å². The molecule has 0 bridgehead atoms. The number of nitrogens with one attached hydrogen (secondary N) is 1. The summed E-state index contributed by atoms with van der Waals surface area (Å²) in [6, 6.07) is 6.31. The van der Waals surface area contributed by atoms with E-state index >= 15 is 0 Å². The Bertz CT molecular complexity index is 943.